The first-order valence-electron chi connectivity index (χ1n) is 6.34. The molecule has 20 heavy (non-hydrogen) atoms. The lowest BCUT2D eigenvalue weighted by Gasteiger charge is -2.44. The minimum absolute atomic E-state index is 0.445. The summed E-state index contributed by atoms with van der Waals surface area (Å²) in [6.07, 6.45) is -3.17. The van der Waals surface area contributed by atoms with Crippen molar-refractivity contribution in [3.63, 3.8) is 0 Å². The van der Waals surface area contributed by atoms with Crippen LogP contribution in [0.5, 0.6) is 0 Å². The number of rotatable bonds is 3. The third kappa shape index (κ3) is 3.13. The van der Waals surface area contributed by atoms with Crippen LogP contribution in [-0.2, 0) is 10.9 Å². The van der Waals surface area contributed by atoms with E-state index in [1.54, 1.807) is 0 Å². The Bertz CT molecular complexity index is 455. The van der Waals surface area contributed by atoms with Crippen molar-refractivity contribution in [1.29, 1.82) is 0 Å². The van der Waals surface area contributed by atoms with Crippen LogP contribution >= 0.6 is 11.3 Å². The number of thiazole rings is 1. The van der Waals surface area contributed by atoms with Crippen LogP contribution in [0.4, 0.5) is 13.2 Å². The van der Waals surface area contributed by atoms with Crippen molar-refractivity contribution in [2.45, 2.75) is 31.6 Å². The molecule has 0 spiro atoms. The highest BCUT2D eigenvalue weighted by Gasteiger charge is 2.39. The van der Waals surface area contributed by atoms with Crippen molar-refractivity contribution >= 4 is 11.3 Å². The van der Waals surface area contributed by atoms with Gasteiger partial charge in [-0.1, -0.05) is 0 Å². The molecule has 1 saturated heterocycles. The van der Waals surface area contributed by atoms with Crippen LogP contribution in [-0.4, -0.2) is 41.7 Å². The third-order valence-corrected chi connectivity index (χ3v) is 4.79. The molecular weight excluding hydrogens is 291 g/mol. The Balaban J connectivity index is 2.16. The molecule has 0 amide bonds. The second kappa shape index (κ2) is 5.59. The number of alkyl halides is 3. The number of ether oxygens (including phenoxy) is 1. The van der Waals surface area contributed by atoms with E-state index < -0.39 is 22.8 Å². The van der Waals surface area contributed by atoms with Gasteiger partial charge in [0.15, 0.2) is 5.01 Å². The molecule has 1 aliphatic rings. The van der Waals surface area contributed by atoms with Gasteiger partial charge in [0.2, 0.25) is 0 Å². The molecule has 1 atom stereocenters. The monoisotopic (exact) mass is 309 g/mol. The Hall–Kier alpha value is -0.700. The van der Waals surface area contributed by atoms with E-state index in [4.69, 9.17) is 10.5 Å². The van der Waals surface area contributed by atoms with Crippen molar-refractivity contribution in [1.82, 2.24) is 9.88 Å². The Labute approximate surface area is 119 Å². The maximum absolute atomic E-state index is 12.6. The fraction of sp³-hybridized carbons (Fsp3) is 0.750. The summed E-state index contributed by atoms with van der Waals surface area (Å²) in [6.45, 7) is 6.57. The smallest absolute Gasteiger partial charge is 0.379 e. The van der Waals surface area contributed by atoms with Gasteiger partial charge in [0.25, 0.3) is 0 Å². The molecule has 8 heteroatoms. The van der Waals surface area contributed by atoms with E-state index in [1.165, 1.54) is 6.20 Å². The first-order valence-corrected chi connectivity index (χ1v) is 7.16. The highest BCUT2D eigenvalue weighted by atomic mass is 32.1. The zero-order chi connectivity index (χ0) is 15.0. The predicted octanol–water partition coefficient (Wildman–Crippen LogP) is 2.27. The average molecular weight is 309 g/mol. The lowest BCUT2D eigenvalue weighted by molar-refractivity contribution is -0.137. The molecule has 0 radical (unpaired) electrons. The van der Waals surface area contributed by atoms with Gasteiger partial charge in [-0.2, -0.15) is 13.2 Å². The average Bonchev–Trinajstić information content (AvgIpc) is 2.88. The number of hydrogen-bond donors (Lipinski definition) is 1. The normalized spacial score (nSPS) is 20.1. The topological polar surface area (TPSA) is 51.4 Å². The molecule has 0 aromatic carbocycles. The lowest BCUT2D eigenvalue weighted by Crippen LogP contribution is -2.55. The van der Waals surface area contributed by atoms with Crippen LogP contribution in [0.15, 0.2) is 6.20 Å². The number of nitrogens with zero attached hydrogens (tertiary/aromatic N) is 2. The number of nitrogens with two attached hydrogens (primary N) is 1. The van der Waals surface area contributed by atoms with Gasteiger partial charge in [0.05, 0.1) is 19.3 Å². The number of halogens is 3. The van der Waals surface area contributed by atoms with Gasteiger partial charge < -0.3 is 10.5 Å². The molecule has 1 unspecified atom stereocenters. The molecule has 4 nitrogen and oxygen atoms in total. The van der Waals surface area contributed by atoms with Crippen LogP contribution in [0.25, 0.3) is 0 Å². The molecule has 0 bridgehead atoms. The van der Waals surface area contributed by atoms with Crippen LogP contribution in [0, 0.1) is 0 Å². The van der Waals surface area contributed by atoms with Gasteiger partial charge in [-0.05, 0) is 13.8 Å². The number of morpholine rings is 1. The van der Waals surface area contributed by atoms with Gasteiger partial charge in [-0.25, -0.2) is 4.98 Å². The zero-order valence-corrected chi connectivity index (χ0v) is 12.2. The number of aromatic nitrogens is 1. The molecular formula is C12H18F3N3OS. The maximum atomic E-state index is 12.6. The fourth-order valence-electron chi connectivity index (χ4n) is 2.25. The summed E-state index contributed by atoms with van der Waals surface area (Å²) in [5.74, 6) is 0. The van der Waals surface area contributed by atoms with Crippen molar-refractivity contribution < 1.29 is 17.9 Å². The summed E-state index contributed by atoms with van der Waals surface area (Å²) in [6, 6.07) is -0.519. The van der Waals surface area contributed by atoms with E-state index in [2.05, 4.69) is 9.88 Å². The fourth-order valence-corrected chi connectivity index (χ4v) is 3.21. The predicted molar refractivity (Wildman–Crippen MR) is 70.5 cm³/mol. The van der Waals surface area contributed by atoms with E-state index in [0.29, 0.717) is 29.4 Å². The van der Waals surface area contributed by atoms with Crippen LogP contribution in [0.2, 0.25) is 0 Å². The van der Waals surface area contributed by atoms with Crippen molar-refractivity contribution in [2.24, 2.45) is 5.73 Å². The Morgan fingerprint density at radius 1 is 1.35 bits per heavy atom. The van der Waals surface area contributed by atoms with Gasteiger partial charge in [-0.15, -0.1) is 11.3 Å². The van der Waals surface area contributed by atoms with Crippen LogP contribution < -0.4 is 5.73 Å². The summed E-state index contributed by atoms with van der Waals surface area (Å²) >= 11 is 0.620. The van der Waals surface area contributed by atoms with E-state index in [-0.39, 0.29) is 0 Å². The summed E-state index contributed by atoms with van der Waals surface area (Å²) in [7, 11) is 0. The molecule has 1 fully saturated rings. The zero-order valence-electron chi connectivity index (χ0n) is 11.4. The van der Waals surface area contributed by atoms with E-state index >= 15 is 0 Å². The van der Waals surface area contributed by atoms with Crippen molar-refractivity contribution in [2.75, 3.05) is 26.3 Å². The molecule has 1 aromatic rings. The van der Waals surface area contributed by atoms with E-state index in [9.17, 15) is 13.2 Å². The van der Waals surface area contributed by atoms with Crippen molar-refractivity contribution in [3.05, 3.63) is 16.1 Å². The third-order valence-electron chi connectivity index (χ3n) is 3.66. The van der Waals surface area contributed by atoms with E-state index in [1.807, 2.05) is 13.8 Å². The Kier molecular flexibility index (Phi) is 4.38. The van der Waals surface area contributed by atoms with Crippen LogP contribution in [0.1, 0.15) is 29.8 Å². The van der Waals surface area contributed by atoms with Gasteiger partial charge in [0.1, 0.15) is 0 Å². The lowest BCUT2D eigenvalue weighted by atomic mass is 9.91. The maximum Gasteiger partial charge on any atom is 0.443 e. The molecule has 1 aliphatic heterocycles. The van der Waals surface area contributed by atoms with Gasteiger partial charge in [0, 0.05) is 29.7 Å². The van der Waals surface area contributed by atoms with Crippen LogP contribution in [0.3, 0.4) is 0 Å². The molecule has 0 saturated carbocycles. The molecule has 1 aromatic heterocycles. The highest BCUT2D eigenvalue weighted by Crippen LogP contribution is 2.37. The molecule has 114 valence electrons. The van der Waals surface area contributed by atoms with E-state index in [0.717, 1.165) is 13.1 Å². The van der Waals surface area contributed by atoms with Gasteiger partial charge in [-0.3, -0.25) is 4.90 Å². The summed E-state index contributed by atoms with van der Waals surface area (Å²) in [5, 5.41) is -0.847. The molecule has 0 aliphatic carbocycles. The largest absolute Gasteiger partial charge is 0.443 e. The minimum Gasteiger partial charge on any atom is -0.379 e. The Morgan fingerprint density at radius 3 is 2.45 bits per heavy atom. The summed E-state index contributed by atoms with van der Waals surface area (Å²) in [4.78, 5) is 6.04. The summed E-state index contributed by atoms with van der Waals surface area (Å²) < 4.78 is 43.1. The molecule has 2 heterocycles. The summed E-state index contributed by atoms with van der Waals surface area (Å²) in [5.41, 5.74) is 5.74. The standard InChI is InChI=1S/C12H18F3N3OS/c1-11(2,18-3-5-19-6-4-18)9(16)8-7-17-10(20-8)12(13,14)15/h7,9H,3-6,16H2,1-2H3. The van der Waals surface area contributed by atoms with Crippen molar-refractivity contribution in [3.8, 4) is 0 Å². The second-order valence-electron chi connectivity index (χ2n) is 5.30. The number of hydrogen-bond acceptors (Lipinski definition) is 5. The molecule has 2 N–H and O–H groups in total. The highest BCUT2D eigenvalue weighted by molar-refractivity contribution is 7.11. The second-order valence-corrected chi connectivity index (χ2v) is 6.36. The van der Waals surface area contributed by atoms with Gasteiger partial charge >= 0.3 is 6.18 Å². The SMILES string of the molecule is CC(C)(C(N)c1cnc(C(F)(F)F)s1)N1CCOCC1. The first-order chi connectivity index (χ1) is 9.23. The Morgan fingerprint density at radius 2 is 1.95 bits per heavy atom. The first kappa shape index (κ1) is 15.7. The quantitative estimate of drug-likeness (QED) is 0.930. The minimum atomic E-state index is -4.41. The molecule has 2 rings (SSSR count).